The maximum absolute atomic E-state index is 14.0. The van der Waals surface area contributed by atoms with E-state index in [1.54, 1.807) is 19.2 Å². The first kappa shape index (κ1) is 24.4. The molecule has 3 N–H and O–H groups in total. The molecule has 0 spiro atoms. The normalized spacial score (nSPS) is 13.4. The summed E-state index contributed by atoms with van der Waals surface area (Å²) in [7, 11) is 1.61. The van der Waals surface area contributed by atoms with Crippen molar-refractivity contribution < 1.29 is 26.7 Å². The second-order valence-electron chi connectivity index (χ2n) is 7.11. The van der Waals surface area contributed by atoms with Gasteiger partial charge >= 0.3 is 6.18 Å². The van der Waals surface area contributed by atoms with Gasteiger partial charge in [0.05, 0.1) is 16.9 Å². The van der Waals surface area contributed by atoms with Crippen LogP contribution in [0.5, 0.6) is 0 Å². The largest absolute Gasteiger partial charge is 0.416 e. The minimum atomic E-state index is -4.38. The average Bonchev–Trinajstić information content (AvgIpc) is 2.75. The van der Waals surface area contributed by atoms with Gasteiger partial charge in [0.1, 0.15) is 6.17 Å². The lowest BCUT2D eigenvalue weighted by Gasteiger charge is -2.17. The van der Waals surface area contributed by atoms with Crippen molar-refractivity contribution in [3.63, 3.8) is 0 Å². The zero-order chi connectivity index (χ0) is 23.0. The monoisotopic (exact) mass is 443 g/mol. The number of amides is 1. The van der Waals surface area contributed by atoms with Gasteiger partial charge in [-0.3, -0.25) is 4.79 Å². The lowest BCUT2D eigenvalue weighted by Crippen LogP contribution is -2.32. The molecule has 0 aliphatic rings. The Morgan fingerprint density at radius 1 is 1.03 bits per heavy atom. The van der Waals surface area contributed by atoms with Crippen molar-refractivity contribution in [2.75, 3.05) is 23.0 Å². The molecule has 0 unspecified atom stereocenters. The van der Waals surface area contributed by atoms with E-state index < -0.39 is 30.0 Å². The number of hydrogen-bond acceptors (Lipinski definition) is 3. The Hall–Kier alpha value is -2.84. The smallest absolute Gasteiger partial charge is 0.386 e. The summed E-state index contributed by atoms with van der Waals surface area (Å²) in [6, 6.07) is 9.61. The van der Waals surface area contributed by atoms with Crippen molar-refractivity contribution in [3.05, 3.63) is 53.6 Å². The topological polar surface area (TPSA) is 53.2 Å². The minimum Gasteiger partial charge on any atom is -0.386 e. The first-order chi connectivity index (χ1) is 14.7. The van der Waals surface area contributed by atoms with Gasteiger partial charge in [-0.25, -0.2) is 8.78 Å². The maximum atomic E-state index is 14.0. The Morgan fingerprint density at radius 3 is 2.29 bits per heavy atom. The molecule has 0 bridgehead atoms. The first-order valence-electron chi connectivity index (χ1n) is 9.96. The molecule has 0 aliphatic heterocycles. The third-order valence-corrected chi connectivity index (χ3v) is 4.73. The summed E-state index contributed by atoms with van der Waals surface area (Å²) < 4.78 is 65.7. The first-order valence-corrected chi connectivity index (χ1v) is 9.96. The van der Waals surface area contributed by atoms with E-state index in [1.165, 1.54) is 18.2 Å². The Labute approximate surface area is 178 Å². The molecule has 0 radical (unpaired) electrons. The van der Waals surface area contributed by atoms with Gasteiger partial charge in [-0.1, -0.05) is 31.9 Å². The van der Waals surface area contributed by atoms with Crippen molar-refractivity contribution in [2.24, 2.45) is 0 Å². The fraction of sp³-hybridized carbons (Fsp3) is 0.409. The molecule has 0 heterocycles. The lowest BCUT2D eigenvalue weighted by atomic mass is 10.1. The van der Waals surface area contributed by atoms with Crippen molar-refractivity contribution in [3.8, 4) is 0 Å². The molecule has 2 aromatic rings. The third-order valence-electron chi connectivity index (χ3n) is 4.73. The van der Waals surface area contributed by atoms with Crippen LogP contribution in [0.3, 0.4) is 0 Å². The van der Waals surface area contributed by atoms with Crippen LogP contribution in [0.4, 0.5) is 39.0 Å². The molecule has 2 rings (SSSR count). The van der Waals surface area contributed by atoms with E-state index in [2.05, 4.69) is 16.0 Å². The molecule has 9 heteroatoms. The number of carbonyl (C=O) groups is 1. The molecule has 0 aliphatic carbocycles. The summed E-state index contributed by atoms with van der Waals surface area (Å²) in [5.41, 5.74) is 1.33. The van der Waals surface area contributed by atoms with E-state index in [-0.39, 0.29) is 18.7 Å². The van der Waals surface area contributed by atoms with Gasteiger partial charge in [-0.2, -0.15) is 13.2 Å². The predicted molar refractivity (Wildman–Crippen MR) is 113 cm³/mol. The standard InChI is InChI=1S/C22H26F5N3O/c1-3-4-5-17(23)20(24)21(31)30-18-11-10-16(12-19(18)28-2)29-13-14-6-8-15(9-7-14)22(25,26)27/h6-12,17,20,28-29H,3-5,13H2,1-2H3,(H,30,31)/t17-,20+/m0/s1. The number of alkyl halides is 5. The molecular formula is C22H26F5N3O. The number of rotatable bonds is 10. The van der Waals surface area contributed by atoms with Gasteiger partial charge in [-0.15, -0.1) is 0 Å². The SMILES string of the molecule is CCCC[C@H](F)[C@@H](F)C(=O)Nc1ccc(NCc2ccc(C(F)(F)F)cc2)cc1NC. The molecular weight excluding hydrogens is 417 g/mol. The van der Waals surface area contributed by atoms with Gasteiger partial charge < -0.3 is 16.0 Å². The third kappa shape index (κ3) is 7.11. The number of unbranched alkanes of at least 4 members (excludes halogenated alkanes) is 1. The van der Waals surface area contributed by atoms with Gasteiger partial charge in [-0.05, 0) is 42.3 Å². The molecule has 4 nitrogen and oxygen atoms in total. The summed E-state index contributed by atoms with van der Waals surface area (Å²) in [5.74, 6) is -1.05. The van der Waals surface area contributed by atoms with Crippen molar-refractivity contribution >= 4 is 23.0 Å². The van der Waals surface area contributed by atoms with Crippen LogP contribution in [0.2, 0.25) is 0 Å². The Kier molecular flexibility index (Phi) is 8.65. The van der Waals surface area contributed by atoms with Crippen LogP contribution in [-0.2, 0) is 17.5 Å². The molecule has 2 atom stereocenters. The van der Waals surface area contributed by atoms with Crippen LogP contribution < -0.4 is 16.0 Å². The zero-order valence-corrected chi connectivity index (χ0v) is 17.3. The minimum absolute atomic E-state index is 0.0171. The lowest BCUT2D eigenvalue weighted by molar-refractivity contribution is -0.137. The summed E-state index contributed by atoms with van der Waals surface area (Å²) in [6.07, 6.45) is -7.31. The van der Waals surface area contributed by atoms with E-state index in [4.69, 9.17) is 0 Å². The second-order valence-corrected chi connectivity index (χ2v) is 7.11. The van der Waals surface area contributed by atoms with Gasteiger partial charge in [0.25, 0.3) is 5.91 Å². The van der Waals surface area contributed by atoms with Crippen molar-refractivity contribution in [1.29, 1.82) is 0 Å². The molecule has 31 heavy (non-hydrogen) atoms. The molecule has 170 valence electrons. The van der Waals surface area contributed by atoms with Crippen molar-refractivity contribution in [1.82, 2.24) is 0 Å². The number of hydrogen-bond donors (Lipinski definition) is 3. The molecule has 2 aromatic carbocycles. The van der Waals surface area contributed by atoms with Crippen LogP contribution in [0.1, 0.15) is 37.3 Å². The van der Waals surface area contributed by atoms with Crippen LogP contribution >= 0.6 is 0 Å². The van der Waals surface area contributed by atoms with Gasteiger partial charge in [0.15, 0.2) is 0 Å². The maximum Gasteiger partial charge on any atom is 0.416 e. The van der Waals surface area contributed by atoms with E-state index in [9.17, 15) is 26.7 Å². The van der Waals surface area contributed by atoms with Crippen molar-refractivity contribution in [2.45, 2.75) is 51.3 Å². The highest BCUT2D eigenvalue weighted by molar-refractivity contribution is 5.97. The summed E-state index contributed by atoms with van der Waals surface area (Å²) in [4.78, 5) is 12.0. The number of carbonyl (C=O) groups excluding carboxylic acids is 1. The fourth-order valence-electron chi connectivity index (χ4n) is 2.90. The van der Waals surface area contributed by atoms with Gasteiger partial charge in [0.2, 0.25) is 6.17 Å². The highest BCUT2D eigenvalue weighted by Gasteiger charge is 2.30. The average molecular weight is 443 g/mol. The highest BCUT2D eigenvalue weighted by atomic mass is 19.4. The fourth-order valence-corrected chi connectivity index (χ4v) is 2.90. The Balaban J connectivity index is 2.00. The van der Waals surface area contributed by atoms with E-state index >= 15 is 0 Å². The zero-order valence-electron chi connectivity index (χ0n) is 17.3. The van der Waals surface area contributed by atoms with Crippen LogP contribution in [-0.4, -0.2) is 25.3 Å². The quantitative estimate of drug-likeness (QED) is 0.385. The summed E-state index contributed by atoms with van der Waals surface area (Å²) in [6.45, 7) is 2.13. The molecule has 0 saturated carbocycles. The van der Waals surface area contributed by atoms with Crippen LogP contribution in [0, 0.1) is 0 Å². The number of nitrogens with one attached hydrogen (secondary N) is 3. The molecule has 0 aromatic heterocycles. The molecule has 0 saturated heterocycles. The Morgan fingerprint density at radius 2 is 1.71 bits per heavy atom. The number of halogens is 5. The molecule has 0 fully saturated rings. The number of benzene rings is 2. The van der Waals surface area contributed by atoms with E-state index in [0.717, 1.165) is 12.1 Å². The summed E-state index contributed by atoms with van der Waals surface area (Å²) >= 11 is 0. The second kappa shape index (κ2) is 11.0. The van der Waals surface area contributed by atoms with Gasteiger partial charge in [0, 0.05) is 19.3 Å². The predicted octanol–water partition coefficient (Wildman–Crippen LogP) is 6.16. The van der Waals surface area contributed by atoms with E-state index in [1.807, 2.05) is 6.92 Å². The Bertz CT molecular complexity index is 855. The summed E-state index contributed by atoms with van der Waals surface area (Å²) in [5, 5.41) is 8.33. The highest BCUT2D eigenvalue weighted by Crippen LogP contribution is 2.30. The molecule has 1 amide bonds. The van der Waals surface area contributed by atoms with E-state index in [0.29, 0.717) is 29.8 Å². The van der Waals surface area contributed by atoms with Crippen LogP contribution in [0.25, 0.3) is 0 Å². The number of anilines is 3. The van der Waals surface area contributed by atoms with Crippen LogP contribution in [0.15, 0.2) is 42.5 Å².